The Morgan fingerprint density at radius 2 is 0.605 bits per heavy atom. The van der Waals surface area contributed by atoms with Crippen LogP contribution in [0.2, 0.25) is 0 Å². The predicted octanol–water partition coefficient (Wildman–Crippen LogP) is 18.6. The molecule has 5 nitrogen and oxygen atoms in total. The topological polar surface area (TPSA) is 54.0 Å². The van der Waals surface area contributed by atoms with Gasteiger partial charge in [-0.1, -0.05) is 281 Å². The summed E-state index contributed by atoms with van der Waals surface area (Å²) < 4.78 is 49.0. The van der Waals surface area contributed by atoms with Gasteiger partial charge in [0, 0.05) is 15.7 Å². The molecule has 2 aliphatic heterocycles. The lowest BCUT2D eigenvalue weighted by Gasteiger charge is -2.41. The summed E-state index contributed by atoms with van der Waals surface area (Å²) in [5.74, 6) is -1.46. The van der Waals surface area contributed by atoms with E-state index in [-0.39, 0.29) is 37.9 Å². The Balaban J connectivity index is 1.56. The fourth-order valence-electron chi connectivity index (χ4n) is 11.6. The van der Waals surface area contributed by atoms with Crippen LogP contribution in [0.1, 0.15) is 223 Å². The molecule has 6 heteroatoms. The number of aryl methyl sites for hydroxylation is 1. The molecule has 2 saturated heterocycles. The molecule has 2 unspecified atom stereocenters. The van der Waals surface area contributed by atoms with Gasteiger partial charge in [0.2, 0.25) is 17.0 Å². The fourth-order valence-corrected chi connectivity index (χ4v) is 12.8. The first kappa shape index (κ1) is 56.0. The van der Waals surface area contributed by atoms with Crippen LogP contribution >= 0.6 is 8.25 Å². The molecule has 6 aromatic rings. The standard InChI is InChI=1S/C70H88O5P/c1-43-31-44(61(2,3)4)36-51(32-43)68(52-37-45(62(5,6)7)33-46(38-52)63(8,9)10)59-60(73-70(72-59)57-29-25-23-27-55(57)56-28-24-26-30-58(56)70)69(75-76(71)74-68,53-39-47(64(11,12)13)34-48(40-53)65(14,15)16)54-41-49(66(17,18)19)35-50(42-54)67(20,21)22/h23-42,59-60H,1-22H3/q+1/t59-,60-,68?/m0/s1. The lowest BCUT2D eigenvalue weighted by molar-refractivity contribution is -0.176. The van der Waals surface area contributed by atoms with Crippen molar-refractivity contribution in [2.24, 2.45) is 0 Å². The van der Waals surface area contributed by atoms with Crippen molar-refractivity contribution in [2.45, 2.75) is 219 Å². The van der Waals surface area contributed by atoms with Gasteiger partial charge >= 0.3 is 8.25 Å². The number of hydrogen-bond donors (Lipinski definition) is 0. The van der Waals surface area contributed by atoms with Gasteiger partial charge in [-0.3, -0.25) is 0 Å². The van der Waals surface area contributed by atoms with E-state index in [2.05, 4.69) is 274 Å². The maximum Gasteiger partial charge on any atom is 0.700 e. The molecule has 0 saturated carbocycles. The van der Waals surface area contributed by atoms with E-state index < -0.39 is 37.5 Å². The summed E-state index contributed by atoms with van der Waals surface area (Å²) in [6, 6.07) is 44.6. The monoisotopic (exact) mass is 1040 g/mol. The zero-order valence-corrected chi connectivity index (χ0v) is 51.1. The lowest BCUT2D eigenvalue weighted by Crippen LogP contribution is -2.54. The van der Waals surface area contributed by atoms with Gasteiger partial charge in [-0.25, -0.2) is 0 Å². The minimum Gasteiger partial charge on any atom is -0.332 e. The zero-order valence-electron chi connectivity index (χ0n) is 50.2. The Bertz CT molecular complexity index is 3030. The third kappa shape index (κ3) is 9.61. The van der Waals surface area contributed by atoms with E-state index in [1.54, 1.807) is 0 Å². The van der Waals surface area contributed by atoms with Crippen molar-refractivity contribution in [1.29, 1.82) is 0 Å². The molecule has 0 aromatic heterocycles. The van der Waals surface area contributed by atoms with Crippen LogP contribution in [-0.2, 0) is 78.0 Å². The Morgan fingerprint density at radius 3 is 0.882 bits per heavy atom. The highest BCUT2D eigenvalue weighted by Gasteiger charge is 2.74. The van der Waals surface area contributed by atoms with Crippen molar-refractivity contribution >= 4 is 8.25 Å². The molecular weight excluding hydrogens is 952 g/mol. The van der Waals surface area contributed by atoms with Crippen LogP contribution in [0, 0.1) is 6.92 Å². The molecule has 4 atom stereocenters. The van der Waals surface area contributed by atoms with Gasteiger partial charge in [-0.2, -0.15) is 0 Å². The van der Waals surface area contributed by atoms with Crippen LogP contribution in [-0.4, -0.2) is 12.2 Å². The van der Waals surface area contributed by atoms with Gasteiger partial charge in [-0.05, 0) is 117 Å². The van der Waals surface area contributed by atoms with Crippen LogP contribution in [0.3, 0.4) is 0 Å². The smallest absolute Gasteiger partial charge is 0.332 e. The Morgan fingerprint density at radius 1 is 0.355 bits per heavy atom. The molecule has 2 heterocycles. The highest BCUT2D eigenvalue weighted by atomic mass is 31.1. The minimum atomic E-state index is -3.03. The van der Waals surface area contributed by atoms with Crippen LogP contribution in [0.15, 0.2) is 121 Å². The molecule has 402 valence electrons. The first-order valence-corrected chi connectivity index (χ1v) is 28.9. The van der Waals surface area contributed by atoms with E-state index in [1.165, 1.54) is 0 Å². The van der Waals surface area contributed by atoms with E-state index in [0.29, 0.717) is 0 Å². The van der Waals surface area contributed by atoms with Gasteiger partial charge in [0.25, 0.3) is 0 Å². The van der Waals surface area contributed by atoms with Crippen LogP contribution in [0.5, 0.6) is 0 Å². The summed E-state index contributed by atoms with van der Waals surface area (Å²) in [6.07, 6.45) is -2.03. The summed E-state index contributed by atoms with van der Waals surface area (Å²) in [4.78, 5) is 0. The highest BCUT2D eigenvalue weighted by molar-refractivity contribution is 7.33. The summed E-state index contributed by atoms with van der Waals surface area (Å²) in [6.45, 7) is 49.7. The van der Waals surface area contributed by atoms with Gasteiger partial charge in [0.15, 0.2) is 0 Å². The molecule has 0 amide bonds. The number of hydrogen-bond acceptors (Lipinski definition) is 5. The summed E-state index contributed by atoms with van der Waals surface area (Å²) in [5.41, 5.74) is 11.1. The molecule has 3 aliphatic rings. The second-order valence-corrected chi connectivity index (χ2v) is 30.7. The van der Waals surface area contributed by atoms with Crippen molar-refractivity contribution in [3.05, 3.63) is 199 Å². The molecule has 1 aliphatic carbocycles. The maximum absolute atomic E-state index is 16.6. The molecule has 0 radical (unpaired) electrons. The number of rotatable bonds is 4. The van der Waals surface area contributed by atoms with E-state index in [0.717, 1.165) is 89.0 Å². The Labute approximate surface area is 458 Å². The Hall–Kier alpha value is -4.74. The minimum absolute atomic E-state index is 0.260. The Kier molecular flexibility index (Phi) is 13.4. The van der Waals surface area contributed by atoms with Crippen LogP contribution in [0.25, 0.3) is 11.1 Å². The number of ether oxygens (including phenoxy) is 2. The summed E-state index contributed by atoms with van der Waals surface area (Å²) in [5, 5.41) is 0. The van der Waals surface area contributed by atoms with E-state index in [1.807, 2.05) is 0 Å². The number of fused-ring (bicyclic) bond motifs is 6. The molecule has 9 rings (SSSR count). The molecular formula is C70H88O5P+. The third-order valence-electron chi connectivity index (χ3n) is 16.6. The predicted molar refractivity (Wildman–Crippen MR) is 315 cm³/mol. The lowest BCUT2D eigenvalue weighted by atomic mass is 9.67. The van der Waals surface area contributed by atoms with E-state index in [9.17, 15) is 0 Å². The van der Waals surface area contributed by atoms with Crippen molar-refractivity contribution in [1.82, 2.24) is 0 Å². The average Bonchev–Trinajstić information content (AvgIpc) is 3.83. The van der Waals surface area contributed by atoms with Crippen molar-refractivity contribution in [3.8, 4) is 11.1 Å². The van der Waals surface area contributed by atoms with Gasteiger partial charge in [0.05, 0.1) is 0 Å². The number of benzene rings is 6. The third-order valence-corrected chi connectivity index (χ3v) is 17.5. The molecule has 6 aromatic carbocycles. The first-order chi connectivity index (χ1) is 34.8. The molecule has 0 N–H and O–H groups in total. The van der Waals surface area contributed by atoms with Crippen molar-refractivity contribution in [2.75, 3.05) is 0 Å². The van der Waals surface area contributed by atoms with Gasteiger partial charge in [0.1, 0.15) is 12.2 Å². The molecule has 2 fully saturated rings. The normalized spacial score (nSPS) is 21.3. The largest absolute Gasteiger partial charge is 0.700 e. The summed E-state index contributed by atoms with van der Waals surface area (Å²) in [7, 11) is -3.03. The van der Waals surface area contributed by atoms with E-state index in [4.69, 9.17) is 18.5 Å². The second-order valence-electron chi connectivity index (χ2n) is 29.9. The second kappa shape index (κ2) is 18.2. The van der Waals surface area contributed by atoms with Crippen molar-refractivity contribution < 1.29 is 23.1 Å². The average molecular weight is 1040 g/mol. The van der Waals surface area contributed by atoms with Crippen LogP contribution < -0.4 is 0 Å². The quantitative estimate of drug-likeness (QED) is 0.165. The van der Waals surface area contributed by atoms with Crippen LogP contribution in [0.4, 0.5) is 0 Å². The molecule has 1 spiro atoms. The zero-order chi connectivity index (χ0) is 55.9. The molecule has 0 bridgehead atoms. The fraction of sp³-hybridized carbons (Fsp3) is 0.486. The maximum atomic E-state index is 16.6. The SMILES string of the molecule is Cc1cc(C(C)(C)C)cc(C2(c3cc(C(C)(C)C)cc(C(C)(C)C)c3)O[P+](=O)OC(c3cc(C(C)(C)C)cc(C(C)(C)C)c3)(c3cc(C(C)(C)C)cc(C(C)(C)C)c3)[C@H]3OC4(O[C@@H]32)c2ccccc2-c2ccccc24)c1. The molecule has 76 heavy (non-hydrogen) atoms. The first-order valence-electron chi connectivity index (χ1n) is 27.8. The van der Waals surface area contributed by atoms with Crippen molar-refractivity contribution in [3.63, 3.8) is 0 Å². The van der Waals surface area contributed by atoms with E-state index >= 15 is 4.57 Å². The summed E-state index contributed by atoms with van der Waals surface area (Å²) >= 11 is 0. The highest BCUT2D eigenvalue weighted by Crippen LogP contribution is 2.67. The van der Waals surface area contributed by atoms with Gasteiger partial charge in [-0.15, -0.1) is 0 Å². The van der Waals surface area contributed by atoms with Gasteiger partial charge < -0.3 is 9.47 Å².